The maximum Gasteiger partial charge on any atom is 0.257 e. The lowest BCUT2D eigenvalue weighted by Gasteiger charge is -2.11. The van der Waals surface area contributed by atoms with Crippen LogP contribution in [0.3, 0.4) is 0 Å². The summed E-state index contributed by atoms with van der Waals surface area (Å²) in [6.07, 6.45) is 0.922. The molecule has 0 saturated heterocycles. The van der Waals surface area contributed by atoms with Crippen LogP contribution in [0, 0.1) is 0 Å². The summed E-state index contributed by atoms with van der Waals surface area (Å²) in [6.45, 7) is 3.49. The van der Waals surface area contributed by atoms with Gasteiger partial charge in [0.25, 0.3) is 5.91 Å². The predicted octanol–water partition coefficient (Wildman–Crippen LogP) is 0.929. The largest absolute Gasteiger partial charge is 0.490 e. The van der Waals surface area contributed by atoms with E-state index >= 15 is 0 Å². The molecule has 0 saturated carbocycles. The molecule has 100 valence electrons. The van der Waals surface area contributed by atoms with Crippen LogP contribution in [0.1, 0.15) is 13.3 Å². The van der Waals surface area contributed by atoms with E-state index in [9.17, 15) is 4.79 Å². The van der Waals surface area contributed by atoms with Crippen LogP contribution < -0.4 is 20.5 Å². The van der Waals surface area contributed by atoms with Gasteiger partial charge in [0.05, 0.1) is 6.61 Å². The summed E-state index contributed by atoms with van der Waals surface area (Å²) in [5.74, 6) is 1.05. The summed E-state index contributed by atoms with van der Waals surface area (Å²) >= 11 is 0. The van der Waals surface area contributed by atoms with Crippen LogP contribution in [-0.4, -0.2) is 32.2 Å². The summed E-state index contributed by atoms with van der Waals surface area (Å²) in [7, 11) is 0. The number of rotatable bonds is 8. The summed E-state index contributed by atoms with van der Waals surface area (Å²) in [6, 6.07) is 7.31. The Balaban J connectivity index is 2.47. The van der Waals surface area contributed by atoms with Gasteiger partial charge in [0.15, 0.2) is 18.1 Å². The molecule has 0 atom stereocenters. The highest BCUT2D eigenvalue weighted by Gasteiger charge is 2.06. The van der Waals surface area contributed by atoms with E-state index in [2.05, 4.69) is 5.32 Å². The van der Waals surface area contributed by atoms with Gasteiger partial charge in [-0.05, 0) is 18.6 Å². The summed E-state index contributed by atoms with van der Waals surface area (Å²) in [5, 5.41) is 2.64. The fraction of sp³-hybridized carbons (Fsp3) is 0.462. The SMILES string of the molecule is CCCOc1ccccc1OCC(=O)NCCN. The van der Waals surface area contributed by atoms with Crippen LogP contribution in [-0.2, 0) is 4.79 Å². The van der Waals surface area contributed by atoms with Crippen LogP contribution in [0.2, 0.25) is 0 Å². The van der Waals surface area contributed by atoms with Crippen LogP contribution in [0.15, 0.2) is 24.3 Å². The molecular formula is C13H20N2O3. The zero-order valence-electron chi connectivity index (χ0n) is 10.6. The molecule has 0 aliphatic heterocycles. The first kappa shape index (κ1) is 14.3. The topological polar surface area (TPSA) is 73.6 Å². The van der Waals surface area contributed by atoms with Crippen molar-refractivity contribution in [2.75, 3.05) is 26.3 Å². The molecule has 0 radical (unpaired) electrons. The number of hydrogen-bond acceptors (Lipinski definition) is 4. The smallest absolute Gasteiger partial charge is 0.257 e. The number of para-hydroxylation sites is 2. The molecule has 5 heteroatoms. The monoisotopic (exact) mass is 252 g/mol. The Morgan fingerprint density at radius 3 is 2.56 bits per heavy atom. The maximum absolute atomic E-state index is 11.4. The first-order valence-corrected chi connectivity index (χ1v) is 6.09. The molecule has 3 N–H and O–H groups in total. The van der Waals surface area contributed by atoms with Crippen LogP contribution >= 0.6 is 0 Å². The molecule has 1 amide bonds. The number of hydrogen-bond donors (Lipinski definition) is 2. The fourth-order valence-corrected chi connectivity index (χ4v) is 1.31. The standard InChI is InChI=1S/C13H20N2O3/c1-2-9-17-11-5-3-4-6-12(11)18-10-13(16)15-8-7-14/h3-6H,2,7-10,14H2,1H3,(H,15,16). The van der Waals surface area contributed by atoms with E-state index < -0.39 is 0 Å². The lowest BCUT2D eigenvalue weighted by atomic mass is 10.3. The second kappa shape index (κ2) is 8.36. The molecule has 1 rings (SSSR count). The Kier molecular flexibility index (Phi) is 6.64. The summed E-state index contributed by atoms with van der Waals surface area (Å²) in [4.78, 5) is 11.4. The van der Waals surface area contributed by atoms with Gasteiger partial charge >= 0.3 is 0 Å². The molecule has 0 aliphatic rings. The van der Waals surface area contributed by atoms with E-state index in [0.29, 0.717) is 31.2 Å². The van der Waals surface area contributed by atoms with E-state index in [1.54, 1.807) is 6.07 Å². The lowest BCUT2D eigenvalue weighted by molar-refractivity contribution is -0.123. The zero-order valence-corrected chi connectivity index (χ0v) is 10.6. The third-order valence-corrected chi connectivity index (χ3v) is 2.14. The number of nitrogens with one attached hydrogen (secondary N) is 1. The molecule has 0 fully saturated rings. The van der Waals surface area contributed by atoms with Gasteiger partial charge in [-0.2, -0.15) is 0 Å². The van der Waals surface area contributed by atoms with Crippen molar-refractivity contribution < 1.29 is 14.3 Å². The quantitative estimate of drug-likeness (QED) is 0.722. The Hall–Kier alpha value is -1.75. The number of carbonyl (C=O) groups excluding carboxylic acids is 1. The lowest BCUT2D eigenvalue weighted by Crippen LogP contribution is -2.32. The summed E-state index contributed by atoms with van der Waals surface area (Å²) in [5.41, 5.74) is 5.29. The molecule has 18 heavy (non-hydrogen) atoms. The van der Waals surface area contributed by atoms with Crippen molar-refractivity contribution in [1.29, 1.82) is 0 Å². The van der Waals surface area contributed by atoms with E-state index in [1.165, 1.54) is 0 Å². The van der Waals surface area contributed by atoms with Crippen molar-refractivity contribution >= 4 is 5.91 Å². The van der Waals surface area contributed by atoms with Crippen molar-refractivity contribution in [3.8, 4) is 11.5 Å². The Morgan fingerprint density at radius 2 is 1.94 bits per heavy atom. The van der Waals surface area contributed by atoms with Crippen molar-refractivity contribution in [2.24, 2.45) is 5.73 Å². The predicted molar refractivity (Wildman–Crippen MR) is 69.8 cm³/mol. The van der Waals surface area contributed by atoms with Crippen molar-refractivity contribution in [1.82, 2.24) is 5.32 Å². The van der Waals surface area contributed by atoms with Gasteiger partial charge in [0, 0.05) is 13.1 Å². The molecule has 1 aromatic carbocycles. The zero-order chi connectivity index (χ0) is 13.2. The van der Waals surface area contributed by atoms with Crippen molar-refractivity contribution in [3.05, 3.63) is 24.3 Å². The minimum atomic E-state index is -0.189. The Morgan fingerprint density at radius 1 is 1.28 bits per heavy atom. The van der Waals surface area contributed by atoms with Gasteiger partial charge in [-0.3, -0.25) is 4.79 Å². The van der Waals surface area contributed by atoms with Gasteiger partial charge in [-0.15, -0.1) is 0 Å². The second-order valence-corrected chi connectivity index (χ2v) is 3.72. The highest BCUT2D eigenvalue weighted by Crippen LogP contribution is 2.26. The molecule has 1 aromatic rings. The fourth-order valence-electron chi connectivity index (χ4n) is 1.31. The molecule has 0 unspecified atom stereocenters. The highest BCUT2D eigenvalue weighted by atomic mass is 16.5. The Bertz CT molecular complexity index is 369. The number of carbonyl (C=O) groups is 1. The average molecular weight is 252 g/mol. The van der Waals surface area contributed by atoms with Crippen LogP contribution in [0.5, 0.6) is 11.5 Å². The number of amides is 1. The average Bonchev–Trinajstić information content (AvgIpc) is 2.41. The maximum atomic E-state index is 11.4. The van der Waals surface area contributed by atoms with Gasteiger partial charge in [0.1, 0.15) is 0 Å². The first-order valence-electron chi connectivity index (χ1n) is 6.09. The third kappa shape index (κ3) is 5.05. The van der Waals surface area contributed by atoms with Gasteiger partial charge in [0.2, 0.25) is 0 Å². The van der Waals surface area contributed by atoms with Crippen LogP contribution in [0.4, 0.5) is 0 Å². The van der Waals surface area contributed by atoms with E-state index in [0.717, 1.165) is 6.42 Å². The third-order valence-electron chi connectivity index (χ3n) is 2.14. The second-order valence-electron chi connectivity index (χ2n) is 3.72. The molecule has 0 heterocycles. The normalized spacial score (nSPS) is 9.89. The Labute approximate surface area is 107 Å². The molecular weight excluding hydrogens is 232 g/mol. The van der Waals surface area contributed by atoms with Crippen LogP contribution in [0.25, 0.3) is 0 Å². The first-order chi connectivity index (χ1) is 8.77. The van der Waals surface area contributed by atoms with Gasteiger partial charge in [-0.25, -0.2) is 0 Å². The highest BCUT2D eigenvalue weighted by molar-refractivity contribution is 5.77. The molecule has 0 bridgehead atoms. The number of ether oxygens (including phenoxy) is 2. The molecule has 0 spiro atoms. The van der Waals surface area contributed by atoms with Crippen molar-refractivity contribution in [2.45, 2.75) is 13.3 Å². The number of benzene rings is 1. The summed E-state index contributed by atoms with van der Waals surface area (Å²) < 4.78 is 10.9. The minimum absolute atomic E-state index is 0.0352. The van der Waals surface area contributed by atoms with E-state index in [-0.39, 0.29) is 12.5 Å². The van der Waals surface area contributed by atoms with E-state index in [1.807, 2.05) is 25.1 Å². The van der Waals surface area contributed by atoms with Crippen molar-refractivity contribution in [3.63, 3.8) is 0 Å². The minimum Gasteiger partial charge on any atom is -0.490 e. The number of nitrogens with two attached hydrogens (primary N) is 1. The van der Waals surface area contributed by atoms with E-state index in [4.69, 9.17) is 15.2 Å². The van der Waals surface area contributed by atoms with Gasteiger partial charge in [-0.1, -0.05) is 19.1 Å². The van der Waals surface area contributed by atoms with Gasteiger partial charge < -0.3 is 20.5 Å². The molecule has 0 aliphatic carbocycles. The molecule has 5 nitrogen and oxygen atoms in total. The molecule has 0 aromatic heterocycles.